The van der Waals surface area contributed by atoms with Crippen LogP contribution in [-0.2, 0) is 11.2 Å². The third-order valence-corrected chi connectivity index (χ3v) is 3.52. The van der Waals surface area contributed by atoms with Crippen LogP contribution in [0.15, 0.2) is 12.1 Å². The Kier molecular flexibility index (Phi) is 2.63. The Morgan fingerprint density at radius 2 is 2.33 bits per heavy atom. The third kappa shape index (κ3) is 1.54. The molecule has 0 bridgehead atoms. The zero-order valence-corrected chi connectivity index (χ0v) is 10.3. The van der Waals surface area contributed by atoms with Crippen LogP contribution in [0.5, 0.6) is 11.5 Å². The Balaban J connectivity index is 1.96. The lowest BCUT2D eigenvalue weighted by Crippen LogP contribution is -2.42. The van der Waals surface area contributed by atoms with E-state index >= 15 is 0 Å². The van der Waals surface area contributed by atoms with Gasteiger partial charge in [-0.15, -0.1) is 0 Å². The van der Waals surface area contributed by atoms with Crippen molar-refractivity contribution in [3.05, 3.63) is 17.7 Å². The topological polar surface area (TPSA) is 64.8 Å². The zero-order chi connectivity index (χ0) is 12.7. The highest BCUT2D eigenvalue weighted by molar-refractivity contribution is 5.99. The van der Waals surface area contributed by atoms with Gasteiger partial charge in [-0.25, -0.2) is 0 Å². The van der Waals surface area contributed by atoms with Crippen LogP contribution in [0.25, 0.3) is 0 Å². The summed E-state index contributed by atoms with van der Waals surface area (Å²) in [5.41, 5.74) is 7.79. The highest BCUT2D eigenvalue weighted by Gasteiger charge is 2.32. The highest BCUT2D eigenvalue weighted by Crippen LogP contribution is 2.44. The Hall–Kier alpha value is -1.75. The van der Waals surface area contributed by atoms with E-state index in [0.717, 1.165) is 29.2 Å². The van der Waals surface area contributed by atoms with E-state index in [-0.39, 0.29) is 12.7 Å². The van der Waals surface area contributed by atoms with E-state index in [4.69, 9.17) is 15.2 Å². The van der Waals surface area contributed by atoms with Crippen LogP contribution in [0.1, 0.15) is 18.9 Å². The maximum atomic E-state index is 12.2. The van der Waals surface area contributed by atoms with E-state index in [9.17, 15) is 4.79 Å². The molecule has 1 aromatic carbocycles. The SMILES string of the molecule is CC[C@H](N)C(=O)N1CCc2c1ccc1c2OCO1. The van der Waals surface area contributed by atoms with Crippen LogP contribution < -0.4 is 20.1 Å². The molecule has 2 heterocycles. The standard InChI is InChI=1S/C13H16N2O3/c1-2-9(14)13(16)15-6-5-8-10(15)3-4-11-12(8)18-7-17-11/h3-4,9H,2,5-7,14H2,1H3/t9-/m0/s1. The second-order valence-electron chi connectivity index (χ2n) is 4.55. The van der Waals surface area contributed by atoms with Crippen LogP contribution in [0.3, 0.4) is 0 Å². The number of carbonyl (C=O) groups is 1. The predicted molar refractivity (Wildman–Crippen MR) is 66.9 cm³/mol. The van der Waals surface area contributed by atoms with Gasteiger partial charge in [-0.2, -0.15) is 0 Å². The lowest BCUT2D eigenvalue weighted by molar-refractivity contribution is -0.119. The van der Waals surface area contributed by atoms with Gasteiger partial charge in [-0.05, 0) is 25.0 Å². The summed E-state index contributed by atoms with van der Waals surface area (Å²) < 4.78 is 10.8. The minimum absolute atomic E-state index is 0.0184. The number of rotatable bonds is 2. The van der Waals surface area contributed by atoms with Gasteiger partial charge in [0.15, 0.2) is 11.5 Å². The monoisotopic (exact) mass is 248 g/mol. The van der Waals surface area contributed by atoms with E-state index in [1.54, 1.807) is 4.90 Å². The number of amides is 1. The van der Waals surface area contributed by atoms with Crippen LogP contribution in [0.2, 0.25) is 0 Å². The van der Waals surface area contributed by atoms with Crippen LogP contribution >= 0.6 is 0 Å². The van der Waals surface area contributed by atoms with Crippen molar-refractivity contribution >= 4 is 11.6 Å². The quantitative estimate of drug-likeness (QED) is 0.849. The molecule has 0 aromatic heterocycles. The van der Waals surface area contributed by atoms with Gasteiger partial charge in [0.1, 0.15) is 0 Å². The Labute approximate surface area is 105 Å². The summed E-state index contributed by atoms with van der Waals surface area (Å²) in [7, 11) is 0. The highest BCUT2D eigenvalue weighted by atomic mass is 16.7. The number of benzene rings is 1. The smallest absolute Gasteiger partial charge is 0.243 e. The van der Waals surface area contributed by atoms with Crippen molar-refractivity contribution in [3.8, 4) is 11.5 Å². The fraction of sp³-hybridized carbons (Fsp3) is 0.462. The zero-order valence-electron chi connectivity index (χ0n) is 10.3. The number of hydrogen-bond donors (Lipinski definition) is 1. The van der Waals surface area contributed by atoms with Gasteiger partial charge < -0.3 is 20.1 Å². The van der Waals surface area contributed by atoms with Crippen molar-refractivity contribution in [1.82, 2.24) is 0 Å². The predicted octanol–water partition coefficient (Wildman–Crippen LogP) is 1.04. The van der Waals surface area contributed by atoms with Crippen molar-refractivity contribution in [3.63, 3.8) is 0 Å². The van der Waals surface area contributed by atoms with Crippen molar-refractivity contribution in [2.45, 2.75) is 25.8 Å². The van der Waals surface area contributed by atoms with Gasteiger partial charge in [0.05, 0.1) is 11.7 Å². The molecular weight excluding hydrogens is 232 g/mol. The second-order valence-corrected chi connectivity index (χ2v) is 4.55. The lowest BCUT2D eigenvalue weighted by Gasteiger charge is -2.20. The van der Waals surface area contributed by atoms with E-state index in [1.807, 2.05) is 19.1 Å². The molecule has 0 saturated heterocycles. The van der Waals surface area contributed by atoms with Crippen LogP contribution in [0, 0.1) is 0 Å². The van der Waals surface area contributed by atoms with E-state index in [0.29, 0.717) is 13.0 Å². The lowest BCUT2D eigenvalue weighted by atomic mass is 10.1. The van der Waals surface area contributed by atoms with Crippen LogP contribution in [-0.4, -0.2) is 25.3 Å². The fourth-order valence-electron chi connectivity index (χ4n) is 2.46. The molecule has 2 N–H and O–H groups in total. The number of carbonyl (C=O) groups excluding carboxylic acids is 1. The average molecular weight is 248 g/mol. The van der Waals surface area contributed by atoms with Gasteiger partial charge in [-0.1, -0.05) is 6.92 Å². The van der Waals surface area contributed by atoms with E-state index < -0.39 is 6.04 Å². The molecule has 0 unspecified atom stereocenters. The molecule has 1 aromatic rings. The Bertz CT molecular complexity index is 501. The molecule has 1 amide bonds. The number of ether oxygens (including phenoxy) is 2. The van der Waals surface area contributed by atoms with Gasteiger partial charge in [-0.3, -0.25) is 4.79 Å². The molecule has 5 heteroatoms. The van der Waals surface area contributed by atoms with Gasteiger partial charge in [0, 0.05) is 12.1 Å². The van der Waals surface area contributed by atoms with Gasteiger partial charge in [0.2, 0.25) is 12.7 Å². The number of anilines is 1. The van der Waals surface area contributed by atoms with Gasteiger partial charge >= 0.3 is 0 Å². The van der Waals surface area contributed by atoms with Crippen LogP contribution in [0.4, 0.5) is 5.69 Å². The maximum Gasteiger partial charge on any atom is 0.243 e. The first-order chi connectivity index (χ1) is 8.72. The summed E-state index contributed by atoms with van der Waals surface area (Å²) in [6.07, 6.45) is 1.44. The van der Waals surface area contributed by atoms with Gasteiger partial charge in [0.25, 0.3) is 0 Å². The minimum Gasteiger partial charge on any atom is -0.454 e. The normalized spacial score (nSPS) is 17.8. The molecule has 0 fully saturated rings. The number of hydrogen-bond acceptors (Lipinski definition) is 4. The number of fused-ring (bicyclic) bond motifs is 3. The molecule has 18 heavy (non-hydrogen) atoms. The van der Waals surface area contributed by atoms with Crippen molar-refractivity contribution in [2.75, 3.05) is 18.2 Å². The molecule has 0 aliphatic carbocycles. The molecule has 0 saturated carbocycles. The van der Waals surface area contributed by atoms with Crippen molar-refractivity contribution < 1.29 is 14.3 Å². The summed E-state index contributed by atoms with van der Waals surface area (Å²) in [5.74, 6) is 1.53. The summed E-state index contributed by atoms with van der Waals surface area (Å²) in [5, 5.41) is 0. The summed E-state index contributed by atoms with van der Waals surface area (Å²) in [4.78, 5) is 13.9. The van der Waals surface area contributed by atoms with E-state index in [2.05, 4.69) is 0 Å². The third-order valence-electron chi connectivity index (χ3n) is 3.52. The molecule has 96 valence electrons. The molecule has 0 spiro atoms. The number of nitrogens with zero attached hydrogens (tertiary/aromatic N) is 1. The first-order valence-corrected chi connectivity index (χ1v) is 6.20. The first-order valence-electron chi connectivity index (χ1n) is 6.20. The fourth-order valence-corrected chi connectivity index (χ4v) is 2.46. The summed E-state index contributed by atoms with van der Waals surface area (Å²) in [6.45, 7) is 2.84. The summed E-state index contributed by atoms with van der Waals surface area (Å²) in [6, 6.07) is 3.33. The minimum atomic E-state index is -0.429. The van der Waals surface area contributed by atoms with Crippen molar-refractivity contribution in [1.29, 1.82) is 0 Å². The second kappa shape index (κ2) is 4.17. The molecule has 2 aliphatic heterocycles. The Morgan fingerprint density at radius 3 is 3.11 bits per heavy atom. The Morgan fingerprint density at radius 1 is 1.50 bits per heavy atom. The average Bonchev–Trinajstić information content (AvgIpc) is 3.01. The maximum absolute atomic E-state index is 12.2. The molecule has 5 nitrogen and oxygen atoms in total. The summed E-state index contributed by atoms with van der Waals surface area (Å²) >= 11 is 0. The molecule has 0 radical (unpaired) electrons. The molecule has 3 rings (SSSR count). The molecule has 1 atom stereocenters. The van der Waals surface area contributed by atoms with E-state index in [1.165, 1.54) is 0 Å². The largest absolute Gasteiger partial charge is 0.454 e. The molecule has 2 aliphatic rings. The van der Waals surface area contributed by atoms with Crippen molar-refractivity contribution in [2.24, 2.45) is 5.73 Å². The molecular formula is C13H16N2O3. The number of nitrogens with two attached hydrogens (primary N) is 1. The first kappa shape index (κ1) is 11.3.